The minimum absolute atomic E-state index is 0.0222. The SMILES string of the molecule is O=C1NC(=S)N(c2ccccc2)C(=O)/C1=C/c1cccc(OCc2cccc(C(=O)O)c2)c1. The molecule has 8 heteroatoms. The van der Waals surface area contributed by atoms with Gasteiger partial charge in [0, 0.05) is 0 Å². The highest BCUT2D eigenvalue weighted by atomic mass is 32.1. The second-order valence-corrected chi connectivity index (χ2v) is 7.55. The number of amides is 2. The van der Waals surface area contributed by atoms with E-state index in [1.54, 1.807) is 66.7 Å². The van der Waals surface area contributed by atoms with Gasteiger partial charge in [-0.2, -0.15) is 0 Å². The Balaban J connectivity index is 1.55. The molecule has 0 saturated carbocycles. The minimum Gasteiger partial charge on any atom is -0.489 e. The Morgan fingerprint density at radius 2 is 1.76 bits per heavy atom. The molecule has 0 bridgehead atoms. The first-order valence-electron chi connectivity index (χ1n) is 9.94. The van der Waals surface area contributed by atoms with Crippen LogP contribution in [-0.2, 0) is 16.2 Å². The molecule has 7 nitrogen and oxygen atoms in total. The molecule has 1 heterocycles. The smallest absolute Gasteiger partial charge is 0.335 e. The van der Waals surface area contributed by atoms with E-state index in [9.17, 15) is 14.4 Å². The third-order valence-corrected chi connectivity index (χ3v) is 5.15. The average Bonchev–Trinajstić information content (AvgIpc) is 2.81. The van der Waals surface area contributed by atoms with Gasteiger partial charge in [0.1, 0.15) is 17.9 Å². The Labute approximate surface area is 194 Å². The van der Waals surface area contributed by atoms with E-state index < -0.39 is 17.8 Å². The van der Waals surface area contributed by atoms with Gasteiger partial charge in [0.25, 0.3) is 11.8 Å². The lowest BCUT2D eigenvalue weighted by atomic mass is 10.1. The Kier molecular flexibility index (Phi) is 6.28. The number of hydrogen-bond donors (Lipinski definition) is 2. The van der Waals surface area contributed by atoms with Gasteiger partial charge in [-0.3, -0.25) is 19.8 Å². The molecule has 3 aromatic carbocycles. The normalized spacial score (nSPS) is 14.8. The van der Waals surface area contributed by atoms with Crippen LogP contribution >= 0.6 is 12.2 Å². The second kappa shape index (κ2) is 9.46. The molecule has 0 spiro atoms. The summed E-state index contributed by atoms with van der Waals surface area (Å²) in [5, 5.41) is 11.7. The molecule has 1 aliphatic heterocycles. The first-order chi connectivity index (χ1) is 15.9. The molecule has 0 aromatic heterocycles. The van der Waals surface area contributed by atoms with Crippen molar-refractivity contribution >= 4 is 46.9 Å². The monoisotopic (exact) mass is 458 g/mol. The molecular formula is C25H18N2O5S. The van der Waals surface area contributed by atoms with E-state index >= 15 is 0 Å². The molecule has 0 aliphatic carbocycles. The van der Waals surface area contributed by atoms with Gasteiger partial charge in [-0.25, -0.2) is 4.79 Å². The second-order valence-electron chi connectivity index (χ2n) is 7.16. The number of thiocarbonyl (C=S) groups is 1. The van der Waals surface area contributed by atoms with Gasteiger partial charge in [0.05, 0.1) is 11.3 Å². The van der Waals surface area contributed by atoms with Gasteiger partial charge in [0.2, 0.25) is 0 Å². The number of carboxylic acid groups (broad SMARTS) is 1. The van der Waals surface area contributed by atoms with Gasteiger partial charge in [0.15, 0.2) is 5.11 Å². The lowest BCUT2D eigenvalue weighted by Crippen LogP contribution is -2.54. The van der Waals surface area contributed by atoms with Crippen molar-refractivity contribution in [2.45, 2.75) is 6.61 Å². The summed E-state index contributed by atoms with van der Waals surface area (Å²) in [6, 6.07) is 22.2. The molecule has 2 amide bonds. The van der Waals surface area contributed by atoms with Gasteiger partial charge < -0.3 is 9.84 Å². The lowest BCUT2D eigenvalue weighted by molar-refractivity contribution is -0.122. The minimum atomic E-state index is -1.01. The first kappa shape index (κ1) is 21.9. The van der Waals surface area contributed by atoms with Crippen LogP contribution < -0.4 is 15.0 Å². The number of para-hydroxylation sites is 1. The fourth-order valence-electron chi connectivity index (χ4n) is 3.29. The first-order valence-corrected chi connectivity index (χ1v) is 10.3. The Bertz CT molecular complexity index is 1290. The molecule has 2 N–H and O–H groups in total. The zero-order valence-electron chi connectivity index (χ0n) is 17.2. The maximum Gasteiger partial charge on any atom is 0.335 e. The van der Waals surface area contributed by atoms with Crippen molar-refractivity contribution in [3.05, 3.63) is 101 Å². The number of carboxylic acids is 1. The topological polar surface area (TPSA) is 95.9 Å². The number of nitrogens with zero attached hydrogens (tertiary/aromatic N) is 1. The van der Waals surface area contributed by atoms with Crippen LogP contribution in [0.25, 0.3) is 6.08 Å². The van der Waals surface area contributed by atoms with E-state index in [0.717, 1.165) is 0 Å². The van der Waals surface area contributed by atoms with Crippen molar-refractivity contribution < 1.29 is 24.2 Å². The predicted molar refractivity (Wildman–Crippen MR) is 127 cm³/mol. The number of hydrogen-bond acceptors (Lipinski definition) is 5. The quantitative estimate of drug-likeness (QED) is 0.332. The number of carbonyl (C=O) groups is 3. The summed E-state index contributed by atoms with van der Waals surface area (Å²) >= 11 is 5.20. The molecule has 0 atom stereocenters. The third kappa shape index (κ3) is 4.97. The Morgan fingerprint density at radius 1 is 1.00 bits per heavy atom. The standard InChI is InChI=1S/C25H18N2O5S/c28-22-21(23(29)27(25(33)26-22)19-9-2-1-3-10-19)14-16-6-5-11-20(13-16)32-15-17-7-4-8-18(12-17)24(30)31/h1-14H,15H2,(H,30,31)(H,26,28,33)/b21-14+. The molecule has 4 rings (SSSR count). The van der Waals surface area contributed by atoms with Gasteiger partial charge in [-0.05, 0) is 65.8 Å². The van der Waals surface area contributed by atoms with Crippen LogP contribution in [-0.4, -0.2) is 28.0 Å². The molecule has 0 unspecified atom stereocenters. The van der Waals surface area contributed by atoms with Gasteiger partial charge in [-0.1, -0.05) is 42.5 Å². The van der Waals surface area contributed by atoms with Crippen LogP contribution in [0.4, 0.5) is 5.69 Å². The highest BCUT2D eigenvalue weighted by molar-refractivity contribution is 7.80. The lowest BCUT2D eigenvalue weighted by Gasteiger charge is -2.28. The Morgan fingerprint density at radius 3 is 2.52 bits per heavy atom. The van der Waals surface area contributed by atoms with Crippen LogP contribution in [0.2, 0.25) is 0 Å². The average molecular weight is 458 g/mol. The fourth-order valence-corrected chi connectivity index (χ4v) is 3.57. The van der Waals surface area contributed by atoms with Crippen molar-refractivity contribution in [2.75, 3.05) is 4.90 Å². The number of aromatic carboxylic acids is 1. The number of anilines is 1. The number of ether oxygens (including phenoxy) is 1. The van der Waals surface area contributed by atoms with E-state index in [2.05, 4.69) is 5.32 Å². The molecule has 0 radical (unpaired) electrons. The third-order valence-electron chi connectivity index (χ3n) is 4.86. The number of benzene rings is 3. The van der Waals surface area contributed by atoms with Crippen LogP contribution in [0.3, 0.4) is 0 Å². The molecule has 3 aromatic rings. The van der Waals surface area contributed by atoms with Crippen molar-refractivity contribution in [1.82, 2.24) is 5.32 Å². The zero-order chi connectivity index (χ0) is 23.4. The van der Waals surface area contributed by atoms with Crippen LogP contribution in [0.15, 0.2) is 84.4 Å². The van der Waals surface area contributed by atoms with E-state index in [4.69, 9.17) is 22.1 Å². The van der Waals surface area contributed by atoms with Crippen LogP contribution in [0.5, 0.6) is 5.75 Å². The largest absolute Gasteiger partial charge is 0.489 e. The van der Waals surface area contributed by atoms with E-state index in [1.165, 1.54) is 17.0 Å². The van der Waals surface area contributed by atoms with Crippen molar-refractivity contribution in [3.63, 3.8) is 0 Å². The molecule has 1 fully saturated rings. The molecule has 33 heavy (non-hydrogen) atoms. The van der Waals surface area contributed by atoms with Gasteiger partial charge in [-0.15, -0.1) is 0 Å². The van der Waals surface area contributed by atoms with E-state index in [-0.39, 0.29) is 22.9 Å². The highest BCUT2D eigenvalue weighted by Crippen LogP contribution is 2.23. The molecular weight excluding hydrogens is 440 g/mol. The number of carbonyl (C=O) groups excluding carboxylic acids is 2. The molecule has 1 saturated heterocycles. The highest BCUT2D eigenvalue weighted by Gasteiger charge is 2.34. The summed E-state index contributed by atoms with van der Waals surface area (Å²) < 4.78 is 5.78. The molecule has 1 aliphatic rings. The zero-order valence-corrected chi connectivity index (χ0v) is 18.0. The van der Waals surface area contributed by atoms with Gasteiger partial charge >= 0.3 is 5.97 Å². The number of rotatable bonds is 6. The summed E-state index contributed by atoms with van der Waals surface area (Å²) in [6.07, 6.45) is 1.48. The van der Waals surface area contributed by atoms with Crippen molar-refractivity contribution in [1.29, 1.82) is 0 Å². The summed E-state index contributed by atoms with van der Waals surface area (Å²) in [5.41, 5.74) is 1.97. The fraction of sp³-hybridized carbons (Fsp3) is 0.0400. The van der Waals surface area contributed by atoms with Crippen LogP contribution in [0, 0.1) is 0 Å². The van der Waals surface area contributed by atoms with E-state index in [1.807, 2.05) is 6.07 Å². The summed E-state index contributed by atoms with van der Waals surface area (Å²) in [6.45, 7) is 0.163. The van der Waals surface area contributed by atoms with E-state index in [0.29, 0.717) is 22.6 Å². The van der Waals surface area contributed by atoms with Crippen molar-refractivity contribution in [2.24, 2.45) is 0 Å². The van der Waals surface area contributed by atoms with Crippen molar-refractivity contribution in [3.8, 4) is 5.75 Å². The summed E-state index contributed by atoms with van der Waals surface area (Å²) in [5.74, 6) is -1.60. The number of nitrogens with one attached hydrogen (secondary N) is 1. The summed E-state index contributed by atoms with van der Waals surface area (Å²) in [7, 11) is 0. The Hall–Kier alpha value is -4.30. The predicted octanol–water partition coefficient (Wildman–Crippen LogP) is 3.80. The maximum atomic E-state index is 13.1. The molecule has 164 valence electrons. The van der Waals surface area contributed by atoms with Crippen LogP contribution in [0.1, 0.15) is 21.5 Å². The summed E-state index contributed by atoms with van der Waals surface area (Å²) in [4.78, 5) is 38.0. The maximum absolute atomic E-state index is 13.1.